The molecule has 4 nitrogen and oxygen atoms in total. The third-order valence-electron chi connectivity index (χ3n) is 3.65. The summed E-state index contributed by atoms with van der Waals surface area (Å²) in [6, 6.07) is 13.5. The quantitative estimate of drug-likeness (QED) is 0.798. The van der Waals surface area contributed by atoms with Gasteiger partial charge in [0, 0.05) is 10.8 Å². The lowest BCUT2D eigenvalue weighted by molar-refractivity contribution is 0.292. The second kappa shape index (κ2) is 5.93. The number of hydrogen-bond donors (Lipinski definition) is 1. The number of aryl methyl sites for hydroxylation is 1. The molecule has 0 radical (unpaired) electrons. The van der Waals surface area contributed by atoms with E-state index in [-0.39, 0.29) is 18.1 Å². The van der Waals surface area contributed by atoms with Crippen LogP contribution in [0.2, 0.25) is 0 Å². The van der Waals surface area contributed by atoms with Crippen LogP contribution in [-0.4, -0.2) is 10.1 Å². The maximum absolute atomic E-state index is 13.6. The third kappa shape index (κ3) is 2.79. The van der Waals surface area contributed by atoms with Gasteiger partial charge in [0.1, 0.15) is 24.1 Å². The molecule has 5 heteroatoms. The summed E-state index contributed by atoms with van der Waals surface area (Å²) < 4.78 is 19.2. The molecule has 0 spiro atoms. The van der Waals surface area contributed by atoms with Gasteiger partial charge in [-0.15, -0.1) is 0 Å². The highest BCUT2D eigenvalue weighted by atomic mass is 19.1. The number of benzene rings is 2. The number of hydrogen-bond acceptors (Lipinski definition) is 4. The monoisotopic (exact) mass is 308 g/mol. The first-order valence-corrected chi connectivity index (χ1v) is 7.00. The van der Waals surface area contributed by atoms with E-state index < -0.39 is 11.7 Å². The summed E-state index contributed by atoms with van der Waals surface area (Å²) in [6.45, 7) is 2.19. The fraction of sp³-hybridized carbons (Fsp3) is 0.111. The molecule has 2 aromatic carbocycles. The van der Waals surface area contributed by atoms with E-state index in [1.54, 1.807) is 0 Å². The van der Waals surface area contributed by atoms with Crippen molar-refractivity contribution in [2.75, 3.05) is 0 Å². The molecule has 114 valence electrons. The maximum Gasteiger partial charge on any atom is 0.233 e. The molecule has 0 aliphatic rings. The number of nitriles is 1. The minimum Gasteiger partial charge on any atom is -0.492 e. The van der Waals surface area contributed by atoms with E-state index in [0.717, 1.165) is 11.1 Å². The van der Waals surface area contributed by atoms with E-state index >= 15 is 0 Å². The van der Waals surface area contributed by atoms with Crippen molar-refractivity contribution in [1.29, 1.82) is 5.26 Å². The van der Waals surface area contributed by atoms with Gasteiger partial charge in [-0.25, -0.2) is 4.39 Å². The van der Waals surface area contributed by atoms with E-state index in [2.05, 4.69) is 4.98 Å². The zero-order valence-electron chi connectivity index (χ0n) is 12.4. The summed E-state index contributed by atoms with van der Waals surface area (Å²) in [4.78, 5) is 3.90. The normalized spacial score (nSPS) is 10.5. The minimum absolute atomic E-state index is 0.00300. The Kier molecular flexibility index (Phi) is 3.82. The molecule has 1 aromatic heterocycles. The molecule has 0 atom stereocenters. The predicted octanol–water partition coefficient (Wildman–Crippen LogP) is 3.84. The van der Waals surface area contributed by atoms with Crippen LogP contribution < -0.4 is 4.74 Å². The van der Waals surface area contributed by atoms with Crippen LogP contribution >= 0.6 is 0 Å². The molecule has 1 N–H and O–H groups in total. The van der Waals surface area contributed by atoms with E-state index in [9.17, 15) is 9.50 Å². The molecule has 0 saturated heterocycles. The van der Waals surface area contributed by atoms with Gasteiger partial charge >= 0.3 is 0 Å². The lowest BCUT2D eigenvalue weighted by Gasteiger charge is -2.11. The number of aromatic hydroxyl groups is 1. The highest BCUT2D eigenvalue weighted by Gasteiger charge is 2.15. The Bertz CT molecular complexity index is 932. The van der Waals surface area contributed by atoms with Crippen molar-refractivity contribution < 1.29 is 14.2 Å². The molecule has 23 heavy (non-hydrogen) atoms. The molecule has 0 fully saturated rings. The number of pyridine rings is 1. The van der Waals surface area contributed by atoms with Crippen molar-refractivity contribution in [2.45, 2.75) is 13.5 Å². The van der Waals surface area contributed by atoms with Gasteiger partial charge in [-0.1, -0.05) is 24.3 Å². The highest BCUT2D eigenvalue weighted by molar-refractivity contribution is 5.92. The van der Waals surface area contributed by atoms with E-state index in [4.69, 9.17) is 10.00 Å². The van der Waals surface area contributed by atoms with Gasteiger partial charge < -0.3 is 9.84 Å². The zero-order chi connectivity index (χ0) is 16.4. The molecule has 0 aliphatic carbocycles. The predicted molar refractivity (Wildman–Crippen MR) is 83.6 cm³/mol. The van der Waals surface area contributed by atoms with Crippen LogP contribution in [0.15, 0.2) is 42.5 Å². The minimum atomic E-state index is -0.463. The Labute approximate surface area is 132 Å². The Balaban J connectivity index is 2.06. The van der Waals surface area contributed by atoms with Gasteiger partial charge in [0.2, 0.25) is 11.8 Å². The fourth-order valence-corrected chi connectivity index (χ4v) is 2.38. The number of fused-ring (bicyclic) bond motifs is 1. The van der Waals surface area contributed by atoms with Crippen LogP contribution in [0.4, 0.5) is 4.39 Å². The van der Waals surface area contributed by atoms with E-state index in [1.165, 1.54) is 18.2 Å². The van der Waals surface area contributed by atoms with Crippen LogP contribution in [-0.2, 0) is 6.61 Å². The fourth-order valence-electron chi connectivity index (χ4n) is 2.38. The van der Waals surface area contributed by atoms with Gasteiger partial charge in [0.25, 0.3) is 0 Å². The number of aromatic nitrogens is 1. The van der Waals surface area contributed by atoms with E-state index in [1.807, 2.05) is 37.3 Å². The molecule has 0 amide bonds. The van der Waals surface area contributed by atoms with Crippen LogP contribution in [0.25, 0.3) is 10.8 Å². The van der Waals surface area contributed by atoms with Crippen LogP contribution in [0, 0.1) is 24.1 Å². The average molecular weight is 308 g/mol. The Morgan fingerprint density at radius 3 is 2.74 bits per heavy atom. The van der Waals surface area contributed by atoms with Gasteiger partial charge in [-0.2, -0.15) is 10.2 Å². The molecule has 0 bridgehead atoms. The SMILES string of the molecule is Cc1ccccc1COc1nc(O)c(C#N)c2ccc(F)cc12. The second-order valence-electron chi connectivity index (χ2n) is 5.13. The van der Waals surface area contributed by atoms with Gasteiger partial charge in [0.05, 0.1) is 0 Å². The third-order valence-corrected chi connectivity index (χ3v) is 3.65. The first-order chi connectivity index (χ1) is 11.1. The molecule has 0 aliphatic heterocycles. The number of nitrogens with zero attached hydrogens (tertiary/aromatic N) is 2. The smallest absolute Gasteiger partial charge is 0.233 e. The molecule has 3 aromatic rings. The first kappa shape index (κ1) is 14.8. The first-order valence-electron chi connectivity index (χ1n) is 7.00. The lowest BCUT2D eigenvalue weighted by atomic mass is 10.1. The van der Waals surface area contributed by atoms with Crippen molar-refractivity contribution in [3.8, 4) is 17.8 Å². The summed E-state index contributed by atoms with van der Waals surface area (Å²) in [6.07, 6.45) is 0. The second-order valence-corrected chi connectivity index (χ2v) is 5.13. The molecule has 1 heterocycles. The van der Waals surface area contributed by atoms with Gasteiger partial charge in [-0.3, -0.25) is 0 Å². The van der Waals surface area contributed by atoms with Crippen LogP contribution in [0.3, 0.4) is 0 Å². The van der Waals surface area contributed by atoms with Crippen LogP contribution in [0.1, 0.15) is 16.7 Å². The molecule has 0 unspecified atom stereocenters. The lowest BCUT2D eigenvalue weighted by Crippen LogP contribution is -2.01. The number of rotatable bonds is 3. The van der Waals surface area contributed by atoms with Gasteiger partial charge in [-0.05, 0) is 36.2 Å². The van der Waals surface area contributed by atoms with Crippen molar-refractivity contribution in [3.63, 3.8) is 0 Å². The summed E-state index contributed by atoms with van der Waals surface area (Å²) in [5.74, 6) is -0.791. The van der Waals surface area contributed by atoms with Crippen molar-refractivity contribution in [3.05, 3.63) is 65.0 Å². The number of ether oxygens (including phenoxy) is 1. The molecular weight excluding hydrogens is 295 g/mol. The Hall–Kier alpha value is -3.13. The molecule has 0 saturated carbocycles. The average Bonchev–Trinajstić information content (AvgIpc) is 2.54. The Morgan fingerprint density at radius 2 is 2.00 bits per heavy atom. The Morgan fingerprint density at radius 1 is 1.22 bits per heavy atom. The summed E-state index contributed by atoms with van der Waals surface area (Å²) in [5, 5.41) is 19.8. The number of halogens is 1. The largest absolute Gasteiger partial charge is 0.492 e. The molecular formula is C18H13FN2O2. The van der Waals surface area contributed by atoms with Crippen molar-refractivity contribution in [1.82, 2.24) is 4.98 Å². The standard InChI is InChI=1S/C18H13FN2O2/c1-11-4-2-3-5-12(11)10-23-18-15-8-13(19)6-7-14(15)16(9-20)17(22)21-18/h2-8H,10H2,1H3,(H,21,22). The van der Waals surface area contributed by atoms with Crippen LogP contribution in [0.5, 0.6) is 11.8 Å². The van der Waals surface area contributed by atoms with E-state index in [0.29, 0.717) is 10.8 Å². The maximum atomic E-state index is 13.6. The topological polar surface area (TPSA) is 66.1 Å². The highest BCUT2D eigenvalue weighted by Crippen LogP contribution is 2.32. The zero-order valence-corrected chi connectivity index (χ0v) is 12.4. The van der Waals surface area contributed by atoms with Crippen molar-refractivity contribution >= 4 is 10.8 Å². The summed E-state index contributed by atoms with van der Waals surface area (Å²) in [5.41, 5.74) is 2.02. The summed E-state index contributed by atoms with van der Waals surface area (Å²) in [7, 11) is 0. The van der Waals surface area contributed by atoms with Crippen molar-refractivity contribution in [2.24, 2.45) is 0 Å². The summed E-state index contributed by atoms with van der Waals surface area (Å²) >= 11 is 0. The van der Waals surface area contributed by atoms with Gasteiger partial charge in [0.15, 0.2) is 0 Å². The molecule has 3 rings (SSSR count).